The molecule has 3 aromatic rings. The molecule has 6 rings (SSSR count). The van der Waals surface area contributed by atoms with Crippen molar-refractivity contribution in [3.63, 3.8) is 0 Å². The summed E-state index contributed by atoms with van der Waals surface area (Å²) in [4.78, 5) is 27.9. The van der Waals surface area contributed by atoms with Gasteiger partial charge in [0.25, 0.3) is 0 Å². The van der Waals surface area contributed by atoms with Gasteiger partial charge in [0.15, 0.2) is 6.29 Å². The van der Waals surface area contributed by atoms with Gasteiger partial charge in [-0.05, 0) is 66.6 Å². The van der Waals surface area contributed by atoms with Crippen LogP contribution >= 0.6 is 0 Å². The number of ether oxygens (including phenoxy) is 2. The van der Waals surface area contributed by atoms with Crippen molar-refractivity contribution >= 4 is 11.8 Å². The van der Waals surface area contributed by atoms with Crippen LogP contribution in [0.4, 0.5) is 13.2 Å². The lowest BCUT2D eigenvalue weighted by atomic mass is 9.97. The molecule has 0 radical (unpaired) electrons. The molecule has 0 bridgehead atoms. The number of nitrogens with zero attached hydrogens (tertiary/aromatic N) is 2. The molecule has 2 N–H and O–H groups in total. The fourth-order valence-corrected chi connectivity index (χ4v) is 6.98. The number of benzene rings is 3. The number of piperidine rings is 1. The predicted molar refractivity (Wildman–Crippen MR) is 173 cm³/mol. The van der Waals surface area contributed by atoms with E-state index in [2.05, 4.69) is 10.2 Å². The standard InChI is InChI=1S/C37H42F3N3O5/c38-37(39,40)36(46)43-20-6-9-32(43)34(45)41-22-29-7-2-3-8-31(29)26-14-16-28(17-15-26)35-47-30(23-42-18-4-1-5-19-42)21-33(48-35)27-12-10-25(24-44)11-13-27/h2-3,7-8,10-17,30,32-33,35,44H,1,4-6,9,18-24H2,(H,41,45)/t30-,32-,33+,35+/m0/s1. The highest BCUT2D eigenvalue weighted by atomic mass is 19.4. The lowest BCUT2D eigenvalue weighted by molar-refractivity contribution is -0.253. The van der Waals surface area contributed by atoms with Crippen molar-refractivity contribution in [2.45, 2.75) is 82.4 Å². The van der Waals surface area contributed by atoms with E-state index in [0.29, 0.717) is 11.3 Å². The third kappa shape index (κ3) is 8.08. The molecule has 256 valence electrons. The number of amides is 2. The quantitative estimate of drug-likeness (QED) is 0.290. The summed E-state index contributed by atoms with van der Waals surface area (Å²) >= 11 is 0. The van der Waals surface area contributed by atoms with Crippen LogP contribution in [-0.2, 0) is 32.2 Å². The Bertz CT molecular complexity index is 1540. The summed E-state index contributed by atoms with van der Waals surface area (Å²) in [5.74, 6) is -2.57. The Morgan fingerprint density at radius 1 is 0.854 bits per heavy atom. The minimum atomic E-state index is -5.02. The fourth-order valence-electron chi connectivity index (χ4n) is 6.98. The second-order valence-corrected chi connectivity index (χ2v) is 12.9. The van der Waals surface area contributed by atoms with E-state index < -0.39 is 30.3 Å². The topological polar surface area (TPSA) is 91.3 Å². The molecule has 0 saturated carbocycles. The molecule has 0 aromatic heterocycles. The molecular formula is C37H42F3N3O5. The summed E-state index contributed by atoms with van der Waals surface area (Å²) in [6, 6.07) is 22.1. The van der Waals surface area contributed by atoms with Gasteiger partial charge in [-0.15, -0.1) is 0 Å². The third-order valence-corrected chi connectivity index (χ3v) is 9.55. The van der Waals surface area contributed by atoms with Gasteiger partial charge in [-0.2, -0.15) is 13.2 Å². The molecule has 8 nitrogen and oxygen atoms in total. The van der Waals surface area contributed by atoms with E-state index in [1.54, 1.807) is 0 Å². The predicted octanol–water partition coefficient (Wildman–Crippen LogP) is 6.05. The Morgan fingerprint density at radius 2 is 1.56 bits per heavy atom. The van der Waals surface area contributed by atoms with Gasteiger partial charge in [0, 0.05) is 31.6 Å². The molecule has 4 atom stereocenters. The maximum absolute atomic E-state index is 13.1. The van der Waals surface area contributed by atoms with Crippen molar-refractivity contribution in [2.24, 2.45) is 0 Å². The number of carbonyl (C=O) groups is 2. The highest BCUT2D eigenvalue weighted by molar-refractivity contribution is 5.90. The van der Waals surface area contributed by atoms with Crippen LogP contribution < -0.4 is 5.32 Å². The first-order valence-corrected chi connectivity index (χ1v) is 16.8. The minimum absolute atomic E-state index is 0.0148. The van der Waals surface area contributed by atoms with E-state index in [-0.39, 0.29) is 38.3 Å². The summed E-state index contributed by atoms with van der Waals surface area (Å²) in [5.41, 5.74) is 5.33. The van der Waals surface area contributed by atoms with Crippen molar-refractivity contribution in [3.8, 4) is 11.1 Å². The van der Waals surface area contributed by atoms with E-state index in [1.165, 1.54) is 19.3 Å². The molecule has 3 heterocycles. The zero-order valence-corrected chi connectivity index (χ0v) is 26.8. The Morgan fingerprint density at radius 3 is 2.27 bits per heavy atom. The zero-order valence-electron chi connectivity index (χ0n) is 26.8. The van der Waals surface area contributed by atoms with Crippen molar-refractivity contribution in [3.05, 3.63) is 95.1 Å². The van der Waals surface area contributed by atoms with Gasteiger partial charge in [-0.1, -0.05) is 79.2 Å². The van der Waals surface area contributed by atoms with Gasteiger partial charge in [-0.3, -0.25) is 9.59 Å². The van der Waals surface area contributed by atoms with E-state index >= 15 is 0 Å². The van der Waals surface area contributed by atoms with Crippen LogP contribution in [0.15, 0.2) is 72.8 Å². The number of aliphatic hydroxyl groups excluding tert-OH is 1. The summed E-state index contributed by atoms with van der Waals surface area (Å²) in [7, 11) is 0. The Balaban J connectivity index is 1.15. The maximum atomic E-state index is 13.1. The van der Waals surface area contributed by atoms with Gasteiger partial charge in [0.05, 0.1) is 18.8 Å². The first-order chi connectivity index (χ1) is 23.2. The van der Waals surface area contributed by atoms with Gasteiger partial charge in [0.1, 0.15) is 6.04 Å². The lowest BCUT2D eigenvalue weighted by Crippen LogP contribution is -2.50. The summed E-state index contributed by atoms with van der Waals surface area (Å²) in [6.45, 7) is 2.97. The molecule has 3 saturated heterocycles. The first kappa shape index (κ1) is 34.1. The molecule has 0 unspecified atom stereocenters. The van der Waals surface area contributed by atoms with E-state index in [1.807, 2.05) is 72.8 Å². The Kier molecular flexibility index (Phi) is 10.8. The molecule has 3 aliphatic rings. The number of carbonyl (C=O) groups excluding carboxylic acids is 2. The van der Waals surface area contributed by atoms with Crippen molar-refractivity contribution in [2.75, 3.05) is 26.2 Å². The summed E-state index contributed by atoms with van der Waals surface area (Å²) in [6.07, 6.45) is -0.867. The van der Waals surface area contributed by atoms with Gasteiger partial charge in [0.2, 0.25) is 5.91 Å². The molecule has 3 aromatic carbocycles. The number of alkyl halides is 3. The SMILES string of the molecule is O=C(NCc1ccccc1-c1ccc([C@@H]2O[C@H](CN3CCCCC3)C[C@H](c3ccc(CO)cc3)O2)cc1)[C@@H]1CCCN1C(=O)C(F)(F)F. The third-order valence-electron chi connectivity index (χ3n) is 9.55. The molecule has 2 amide bonds. The number of likely N-dealkylation sites (tertiary alicyclic amines) is 2. The fraction of sp³-hybridized carbons (Fsp3) is 0.459. The van der Waals surface area contributed by atoms with Crippen molar-refractivity contribution in [1.82, 2.24) is 15.1 Å². The smallest absolute Gasteiger partial charge is 0.392 e. The monoisotopic (exact) mass is 665 g/mol. The molecule has 3 fully saturated rings. The number of nitrogens with one attached hydrogen (secondary N) is 1. The van der Waals surface area contributed by atoms with E-state index in [4.69, 9.17) is 9.47 Å². The van der Waals surface area contributed by atoms with E-state index in [9.17, 15) is 27.9 Å². The lowest BCUT2D eigenvalue weighted by Gasteiger charge is -2.39. The van der Waals surface area contributed by atoms with Crippen molar-refractivity contribution < 1.29 is 37.3 Å². The van der Waals surface area contributed by atoms with Crippen LogP contribution in [0.3, 0.4) is 0 Å². The number of aliphatic hydroxyl groups is 1. The van der Waals surface area contributed by atoms with Gasteiger partial charge < -0.3 is 29.7 Å². The number of hydrogen-bond acceptors (Lipinski definition) is 6. The van der Waals surface area contributed by atoms with Crippen LogP contribution in [-0.4, -0.2) is 71.2 Å². The largest absolute Gasteiger partial charge is 0.471 e. The second-order valence-electron chi connectivity index (χ2n) is 12.9. The second kappa shape index (κ2) is 15.2. The zero-order chi connectivity index (χ0) is 33.7. The van der Waals surface area contributed by atoms with E-state index in [0.717, 1.165) is 59.4 Å². The van der Waals surface area contributed by atoms with Gasteiger partial charge in [-0.25, -0.2) is 0 Å². The van der Waals surface area contributed by atoms with Crippen LogP contribution in [0.25, 0.3) is 11.1 Å². The first-order valence-electron chi connectivity index (χ1n) is 16.8. The molecule has 3 aliphatic heterocycles. The van der Waals surface area contributed by atoms with Gasteiger partial charge >= 0.3 is 12.1 Å². The highest BCUT2D eigenvalue weighted by Gasteiger charge is 2.47. The Labute approximate surface area is 278 Å². The summed E-state index contributed by atoms with van der Waals surface area (Å²) < 4.78 is 52.3. The van der Waals surface area contributed by atoms with Crippen LogP contribution in [0.1, 0.15) is 73.2 Å². The molecule has 0 aliphatic carbocycles. The molecule has 11 heteroatoms. The van der Waals surface area contributed by atoms with Crippen LogP contribution in [0.5, 0.6) is 0 Å². The highest BCUT2D eigenvalue weighted by Crippen LogP contribution is 2.39. The number of hydrogen-bond donors (Lipinski definition) is 2. The normalized spacial score (nSPS) is 23.6. The average molecular weight is 666 g/mol. The molecule has 0 spiro atoms. The number of rotatable bonds is 9. The van der Waals surface area contributed by atoms with Crippen LogP contribution in [0.2, 0.25) is 0 Å². The molecular weight excluding hydrogens is 623 g/mol. The Hall–Kier alpha value is -3.77. The van der Waals surface area contributed by atoms with Crippen molar-refractivity contribution in [1.29, 1.82) is 0 Å². The minimum Gasteiger partial charge on any atom is -0.392 e. The van der Waals surface area contributed by atoms with Crippen LogP contribution in [0, 0.1) is 0 Å². The average Bonchev–Trinajstić information content (AvgIpc) is 3.60. The number of halogens is 3. The summed E-state index contributed by atoms with van der Waals surface area (Å²) in [5, 5.41) is 12.3. The maximum Gasteiger partial charge on any atom is 0.471 e. The molecule has 48 heavy (non-hydrogen) atoms.